The zero-order valence-electron chi connectivity index (χ0n) is 14.0. The van der Waals surface area contributed by atoms with Gasteiger partial charge in [-0.25, -0.2) is 9.97 Å². The standard InChI is InChI=1S/C19H15N5OS/c1-26-14-9-7-12(8-10-14)15-11-21-17(20)16(22-15)19-24-23-18(25-19)13-5-3-2-4-6-13/h2-11H,1H3,(H2,20,21). The minimum Gasteiger partial charge on any atom is -0.414 e. The summed E-state index contributed by atoms with van der Waals surface area (Å²) in [4.78, 5) is 10.0. The van der Waals surface area contributed by atoms with Gasteiger partial charge < -0.3 is 10.2 Å². The van der Waals surface area contributed by atoms with Crippen molar-refractivity contribution in [3.63, 3.8) is 0 Å². The molecule has 0 amide bonds. The molecule has 0 aliphatic rings. The van der Waals surface area contributed by atoms with Crippen molar-refractivity contribution in [2.45, 2.75) is 4.90 Å². The fourth-order valence-electron chi connectivity index (χ4n) is 2.47. The maximum Gasteiger partial charge on any atom is 0.270 e. The Labute approximate surface area is 154 Å². The highest BCUT2D eigenvalue weighted by Gasteiger charge is 2.16. The van der Waals surface area contributed by atoms with Crippen molar-refractivity contribution < 1.29 is 4.42 Å². The molecule has 0 atom stereocenters. The fourth-order valence-corrected chi connectivity index (χ4v) is 2.88. The molecule has 0 saturated carbocycles. The van der Waals surface area contributed by atoms with Crippen LogP contribution < -0.4 is 5.73 Å². The number of rotatable bonds is 4. The molecular formula is C19H15N5OS. The first-order valence-corrected chi connectivity index (χ1v) is 9.13. The van der Waals surface area contributed by atoms with Gasteiger partial charge in [0, 0.05) is 16.0 Å². The van der Waals surface area contributed by atoms with Crippen molar-refractivity contribution in [3.05, 3.63) is 60.8 Å². The molecule has 2 heterocycles. The van der Waals surface area contributed by atoms with Crippen LogP contribution in [-0.2, 0) is 0 Å². The molecule has 2 aromatic carbocycles. The first-order valence-electron chi connectivity index (χ1n) is 7.91. The van der Waals surface area contributed by atoms with Crippen LogP contribution >= 0.6 is 11.8 Å². The van der Waals surface area contributed by atoms with Gasteiger partial charge in [-0.1, -0.05) is 30.3 Å². The zero-order chi connectivity index (χ0) is 17.9. The van der Waals surface area contributed by atoms with E-state index in [0.717, 1.165) is 11.1 Å². The number of hydrogen-bond donors (Lipinski definition) is 1. The number of nitrogens with two attached hydrogens (primary N) is 1. The summed E-state index contributed by atoms with van der Waals surface area (Å²) >= 11 is 1.69. The van der Waals surface area contributed by atoms with Gasteiger partial charge in [-0.15, -0.1) is 22.0 Å². The normalized spacial score (nSPS) is 10.8. The van der Waals surface area contributed by atoms with E-state index in [4.69, 9.17) is 10.2 Å². The van der Waals surface area contributed by atoms with Gasteiger partial charge in [0.2, 0.25) is 5.89 Å². The lowest BCUT2D eigenvalue weighted by Gasteiger charge is -2.05. The van der Waals surface area contributed by atoms with Crippen molar-refractivity contribution >= 4 is 17.6 Å². The quantitative estimate of drug-likeness (QED) is 0.546. The summed E-state index contributed by atoms with van der Waals surface area (Å²) < 4.78 is 5.76. The number of aromatic nitrogens is 4. The van der Waals surface area contributed by atoms with Crippen LogP contribution in [0.15, 0.2) is 70.1 Å². The predicted molar refractivity (Wildman–Crippen MR) is 102 cm³/mol. The van der Waals surface area contributed by atoms with Crippen molar-refractivity contribution in [1.29, 1.82) is 0 Å². The molecule has 0 radical (unpaired) electrons. The Morgan fingerprint density at radius 1 is 0.885 bits per heavy atom. The van der Waals surface area contributed by atoms with Crippen LogP contribution in [0.25, 0.3) is 34.3 Å². The van der Waals surface area contributed by atoms with Gasteiger partial charge in [0.15, 0.2) is 11.5 Å². The first-order chi connectivity index (χ1) is 12.7. The zero-order valence-corrected chi connectivity index (χ0v) is 14.8. The van der Waals surface area contributed by atoms with Gasteiger partial charge in [-0.05, 0) is 30.5 Å². The molecule has 7 heteroatoms. The van der Waals surface area contributed by atoms with Crippen LogP contribution in [0, 0.1) is 0 Å². The molecule has 2 N–H and O–H groups in total. The largest absolute Gasteiger partial charge is 0.414 e. The van der Waals surface area contributed by atoms with E-state index in [1.54, 1.807) is 18.0 Å². The second-order valence-electron chi connectivity index (χ2n) is 5.50. The number of hydrogen-bond acceptors (Lipinski definition) is 7. The molecular weight excluding hydrogens is 346 g/mol. The van der Waals surface area contributed by atoms with Crippen molar-refractivity contribution in [1.82, 2.24) is 20.2 Å². The molecule has 0 aliphatic carbocycles. The second-order valence-corrected chi connectivity index (χ2v) is 6.38. The Balaban J connectivity index is 1.71. The van der Waals surface area contributed by atoms with E-state index in [9.17, 15) is 0 Å². The third kappa shape index (κ3) is 3.16. The smallest absolute Gasteiger partial charge is 0.270 e. The van der Waals surface area contributed by atoms with E-state index >= 15 is 0 Å². The minimum absolute atomic E-state index is 0.247. The average Bonchev–Trinajstić information content (AvgIpc) is 3.19. The molecule has 2 aromatic heterocycles. The Bertz CT molecular complexity index is 1030. The summed E-state index contributed by atoms with van der Waals surface area (Å²) in [6.45, 7) is 0. The topological polar surface area (TPSA) is 90.7 Å². The minimum atomic E-state index is 0.247. The van der Waals surface area contributed by atoms with E-state index in [2.05, 4.69) is 20.2 Å². The Kier molecular flexibility index (Phi) is 4.37. The average molecular weight is 361 g/mol. The van der Waals surface area contributed by atoms with Gasteiger partial charge in [-0.3, -0.25) is 0 Å². The third-order valence-corrected chi connectivity index (χ3v) is 4.58. The predicted octanol–water partition coefficient (Wildman–Crippen LogP) is 4.16. The van der Waals surface area contributed by atoms with Crippen LogP contribution in [0.3, 0.4) is 0 Å². The monoisotopic (exact) mass is 361 g/mol. The molecule has 0 spiro atoms. The summed E-state index contributed by atoms with van der Waals surface area (Å²) in [7, 11) is 0. The summed E-state index contributed by atoms with van der Waals surface area (Å²) in [5.74, 6) is 0.908. The molecule has 0 fully saturated rings. The lowest BCUT2D eigenvalue weighted by molar-refractivity contribution is 0.582. The van der Waals surface area contributed by atoms with Gasteiger partial charge >= 0.3 is 0 Å². The highest BCUT2D eigenvalue weighted by molar-refractivity contribution is 7.98. The number of anilines is 1. The summed E-state index contributed by atoms with van der Waals surface area (Å²) in [5, 5.41) is 8.17. The summed E-state index contributed by atoms with van der Waals surface area (Å²) in [6.07, 6.45) is 3.68. The van der Waals surface area contributed by atoms with E-state index < -0.39 is 0 Å². The molecule has 4 aromatic rings. The highest BCUT2D eigenvalue weighted by atomic mass is 32.2. The summed E-state index contributed by atoms with van der Waals surface area (Å²) in [6, 6.07) is 17.6. The van der Waals surface area contributed by atoms with E-state index in [1.165, 1.54) is 4.90 Å². The van der Waals surface area contributed by atoms with Crippen LogP contribution in [-0.4, -0.2) is 26.4 Å². The number of thioether (sulfide) groups is 1. The van der Waals surface area contributed by atoms with Gasteiger partial charge in [0.25, 0.3) is 5.89 Å². The molecule has 0 aliphatic heterocycles. The SMILES string of the molecule is CSc1ccc(-c2cnc(N)c(-c3nnc(-c4ccccc4)o3)n2)cc1. The highest BCUT2D eigenvalue weighted by Crippen LogP contribution is 2.28. The van der Waals surface area contributed by atoms with Crippen molar-refractivity contribution in [2.24, 2.45) is 0 Å². The van der Waals surface area contributed by atoms with Crippen LogP contribution in [0.2, 0.25) is 0 Å². The lowest BCUT2D eigenvalue weighted by atomic mass is 10.1. The number of benzene rings is 2. The van der Waals surface area contributed by atoms with Crippen LogP contribution in [0.4, 0.5) is 5.82 Å². The van der Waals surface area contributed by atoms with Gasteiger partial charge in [-0.2, -0.15) is 0 Å². The molecule has 0 saturated heterocycles. The molecule has 6 nitrogen and oxygen atoms in total. The Morgan fingerprint density at radius 2 is 1.62 bits per heavy atom. The maximum absolute atomic E-state index is 5.99. The summed E-state index contributed by atoms with van der Waals surface area (Å²) in [5.41, 5.74) is 8.84. The molecule has 26 heavy (non-hydrogen) atoms. The third-order valence-electron chi connectivity index (χ3n) is 3.83. The number of nitrogens with zero attached hydrogens (tertiary/aromatic N) is 4. The first kappa shape index (κ1) is 16.3. The van der Waals surface area contributed by atoms with E-state index in [0.29, 0.717) is 17.3 Å². The van der Waals surface area contributed by atoms with Gasteiger partial charge in [0.1, 0.15) is 0 Å². The second kappa shape index (κ2) is 6.97. The molecule has 4 rings (SSSR count). The fraction of sp³-hybridized carbons (Fsp3) is 0.0526. The molecule has 0 bridgehead atoms. The van der Waals surface area contributed by atoms with E-state index in [1.807, 2.05) is 60.9 Å². The Morgan fingerprint density at radius 3 is 2.35 bits per heavy atom. The lowest BCUT2D eigenvalue weighted by Crippen LogP contribution is -1.99. The van der Waals surface area contributed by atoms with Crippen LogP contribution in [0.1, 0.15) is 0 Å². The van der Waals surface area contributed by atoms with Crippen LogP contribution in [0.5, 0.6) is 0 Å². The van der Waals surface area contributed by atoms with Gasteiger partial charge in [0.05, 0.1) is 11.9 Å². The number of nitrogen functional groups attached to an aromatic ring is 1. The molecule has 0 unspecified atom stereocenters. The van der Waals surface area contributed by atoms with E-state index in [-0.39, 0.29) is 11.7 Å². The maximum atomic E-state index is 5.99. The molecule has 128 valence electrons. The Hall–Kier alpha value is -3.19. The van der Waals surface area contributed by atoms with Crippen molar-refractivity contribution in [2.75, 3.05) is 12.0 Å². The van der Waals surface area contributed by atoms with Crippen molar-refractivity contribution in [3.8, 4) is 34.3 Å².